The molecule has 7 heteroatoms. The molecule has 1 spiro atoms. The summed E-state index contributed by atoms with van der Waals surface area (Å²) >= 11 is 0. The normalized spacial score (nSPS) is 23.1. The molecule has 7 nitrogen and oxygen atoms in total. The highest BCUT2D eigenvalue weighted by Crippen LogP contribution is 2.38. The summed E-state index contributed by atoms with van der Waals surface area (Å²) in [6.45, 7) is 4.46. The van der Waals surface area contributed by atoms with E-state index < -0.39 is 6.09 Å². The van der Waals surface area contributed by atoms with Gasteiger partial charge in [-0.3, -0.25) is 10.3 Å². The van der Waals surface area contributed by atoms with Crippen molar-refractivity contribution in [1.82, 2.24) is 10.2 Å². The van der Waals surface area contributed by atoms with E-state index in [0.717, 1.165) is 44.2 Å². The Morgan fingerprint density at radius 3 is 2.80 bits per heavy atom. The molecule has 25 heavy (non-hydrogen) atoms. The van der Waals surface area contributed by atoms with Gasteiger partial charge in [0.1, 0.15) is 0 Å². The number of aliphatic imine (C=N–C) groups is 1. The largest absolute Gasteiger partial charge is 0.453 e. The standard InChI is InChI=1S/C18H26N4O3/c1-19-16(22-9-7-18(12-22)8-10-25-13-18)20-11-14-3-5-15(6-4-14)21-17(23)24-2/h3-6H,7-13H2,1-2H3,(H,19,20)(H,21,23). The summed E-state index contributed by atoms with van der Waals surface area (Å²) in [6.07, 6.45) is 1.85. The molecule has 1 aromatic carbocycles. The lowest BCUT2D eigenvalue weighted by atomic mass is 9.87. The molecule has 2 aliphatic heterocycles. The molecule has 0 saturated carbocycles. The third-order valence-electron chi connectivity index (χ3n) is 4.97. The number of nitrogens with one attached hydrogen (secondary N) is 2. The fourth-order valence-electron chi connectivity index (χ4n) is 3.48. The summed E-state index contributed by atoms with van der Waals surface area (Å²) < 4.78 is 10.2. The predicted octanol–water partition coefficient (Wildman–Crippen LogP) is 2.05. The molecular weight excluding hydrogens is 320 g/mol. The lowest BCUT2D eigenvalue weighted by Crippen LogP contribution is -2.41. The van der Waals surface area contributed by atoms with Crippen molar-refractivity contribution in [2.75, 3.05) is 45.8 Å². The van der Waals surface area contributed by atoms with Gasteiger partial charge in [0, 0.05) is 44.4 Å². The molecule has 0 aromatic heterocycles. The smallest absolute Gasteiger partial charge is 0.411 e. The first-order valence-electron chi connectivity index (χ1n) is 8.61. The van der Waals surface area contributed by atoms with E-state index in [1.165, 1.54) is 13.5 Å². The molecule has 1 atom stereocenters. The Hall–Kier alpha value is -2.28. The van der Waals surface area contributed by atoms with Gasteiger partial charge in [0.05, 0.1) is 13.7 Å². The number of methoxy groups -OCH3 is 1. The van der Waals surface area contributed by atoms with Gasteiger partial charge < -0.3 is 19.7 Å². The maximum absolute atomic E-state index is 11.2. The number of likely N-dealkylation sites (tertiary alicyclic amines) is 1. The van der Waals surface area contributed by atoms with E-state index in [2.05, 4.69) is 25.3 Å². The lowest BCUT2D eigenvalue weighted by Gasteiger charge is -2.25. The summed E-state index contributed by atoms with van der Waals surface area (Å²) in [4.78, 5) is 17.9. The van der Waals surface area contributed by atoms with Crippen LogP contribution >= 0.6 is 0 Å². The van der Waals surface area contributed by atoms with Crippen molar-refractivity contribution in [2.45, 2.75) is 19.4 Å². The minimum absolute atomic E-state index is 0.318. The Bertz CT molecular complexity index is 624. The van der Waals surface area contributed by atoms with Crippen molar-refractivity contribution in [3.8, 4) is 0 Å². The molecule has 1 aromatic rings. The van der Waals surface area contributed by atoms with E-state index in [1.807, 2.05) is 31.3 Å². The zero-order valence-electron chi connectivity index (χ0n) is 14.9. The number of carbonyl (C=O) groups is 1. The van der Waals surface area contributed by atoms with Gasteiger partial charge in [-0.05, 0) is 30.5 Å². The van der Waals surface area contributed by atoms with Crippen molar-refractivity contribution < 1.29 is 14.3 Å². The number of nitrogens with zero attached hydrogens (tertiary/aromatic N) is 2. The second-order valence-corrected chi connectivity index (χ2v) is 6.69. The summed E-state index contributed by atoms with van der Waals surface area (Å²) in [7, 11) is 3.17. The van der Waals surface area contributed by atoms with Gasteiger partial charge in [-0.1, -0.05) is 12.1 Å². The highest BCUT2D eigenvalue weighted by Gasteiger charge is 2.42. The molecule has 0 bridgehead atoms. The number of carbonyl (C=O) groups excluding carboxylic acids is 1. The molecule has 2 N–H and O–H groups in total. The fraction of sp³-hybridized carbons (Fsp3) is 0.556. The Morgan fingerprint density at radius 2 is 2.16 bits per heavy atom. The second kappa shape index (κ2) is 7.74. The molecule has 3 rings (SSSR count). The molecule has 2 aliphatic rings. The molecule has 2 heterocycles. The van der Waals surface area contributed by atoms with Crippen LogP contribution in [0.4, 0.5) is 10.5 Å². The van der Waals surface area contributed by atoms with Gasteiger partial charge in [0.25, 0.3) is 0 Å². The van der Waals surface area contributed by atoms with Crippen LogP contribution in [0.15, 0.2) is 29.3 Å². The van der Waals surface area contributed by atoms with Crippen molar-refractivity contribution in [3.05, 3.63) is 29.8 Å². The van der Waals surface area contributed by atoms with Crippen LogP contribution in [0.3, 0.4) is 0 Å². The Morgan fingerprint density at radius 1 is 1.36 bits per heavy atom. The zero-order chi connectivity index (χ0) is 17.7. The van der Waals surface area contributed by atoms with E-state index in [0.29, 0.717) is 17.6 Å². The minimum atomic E-state index is -0.467. The van der Waals surface area contributed by atoms with Crippen LogP contribution in [0.5, 0.6) is 0 Å². The van der Waals surface area contributed by atoms with Gasteiger partial charge >= 0.3 is 6.09 Å². The van der Waals surface area contributed by atoms with Crippen molar-refractivity contribution in [1.29, 1.82) is 0 Å². The van der Waals surface area contributed by atoms with Gasteiger partial charge in [0.2, 0.25) is 0 Å². The number of hydrogen-bond donors (Lipinski definition) is 2. The average molecular weight is 346 g/mol. The molecule has 2 saturated heterocycles. The highest BCUT2D eigenvalue weighted by molar-refractivity contribution is 5.84. The number of ether oxygens (including phenoxy) is 2. The maximum Gasteiger partial charge on any atom is 0.411 e. The number of guanidine groups is 1. The van der Waals surface area contributed by atoms with Gasteiger partial charge in [-0.2, -0.15) is 0 Å². The SMILES string of the molecule is CN=C(NCc1ccc(NC(=O)OC)cc1)N1CCC2(CCOC2)C1. The predicted molar refractivity (Wildman–Crippen MR) is 96.7 cm³/mol. The number of amides is 1. The van der Waals surface area contributed by atoms with Crippen LogP contribution in [0, 0.1) is 5.41 Å². The molecule has 2 fully saturated rings. The third-order valence-corrected chi connectivity index (χ3v) is 4.97. The van der Waals surface area contributed by atoms with E-state index in [9.17, 15) is 4.79 Å². The van der Waals surface area contributed by atoms with Crippen LogP contribution in [0.25, 0.3) is 0 Å². The topological polar surface area (TPSA) is 75.2 Å². The third kappa shape index (κ3) is 4.22. The van der Waals surface area contributed by atoms with Gasteiger partial charge in [0.15, 0.2) is 5.96 Å². The van der Waals surface area contributed by atoms with Crippen molar-refractivity contribution >= 4 is 17.7 Å². The number of rotatable bonds is 3. The van der Waals surface area contributed by atoms with Gasteiger partial charge in [-0.15, -0.1) is 0 Å². The summed E-state index contributed by atoms with van der Waals surface area (Å²) in [5, 5.41) is 6.07. The number of hydrogen-bond acceptors (Lipinski definition) is 4. The number of anilines is 1. The van der Waals surface area contributed by atoms with Crippen LogP contribution in [0.1, 0.15) is 18.4 Å². The Balaban J connectivity index is 1.52. The highest BCUT2D eigenvalue weighted by atomic mass is 16.5. The van der Waals surface area contributed by atoms with E-state index >= 15 is 0 Å². The number of benzene rings is 1. The quantitative estimate of drug-likeness (QED) is 0.647. The molecule has 136 valence electrons. The first-order chi connectivity index (χ1) is 12.1. The van der Waals surface area contributed by atoms with Crippen LogP contribution in [-0.2, 0) is 16.0 Å². The monoisotopic (exact) mass is 346 g/mol. The average Bonchev–Trinajstić information content (AvgIpc) is 3.27. The molecule has 1 amide bonds. The van der Waals surface area contributed by atoms with Crippen LogP contribution in [-0.4, -0.2) is 57.4 Å². The van der Waals surface area contributed by atoms with Crippen LogP contribution in [0.2, 0.25) is 0 Å². The fourth-order valence-corrected chi connectivity index (χ4v) is 3.48. The second-order valence-electron chi connectivity index (χ2n) is 6.69. The van der Waals surface area contributed by atoms with E-state index in [-0.39, 0.29) is 0 Å². The summed E-state index contributed by atoms with van der Waals surface area (Å²) in [5.74, 6) is 0.931. The minimum Gasteiger partial charge on any atom is -0.453 e. The van der Waals surface area contributed by atoms with E-state index in [1.54, 1.807) is 0 Å². The van der Waals surface area contributed by atoms with Crippen molar-refractivity contribution in [2.24, 2.45) is 10.4 Å². The molecule has 1 unspecified atom stereocenters. The van der Waals surface area contributed by atoms with Crippen molar-refractivity contribution in [3.63, 3.8) is 0 Å². The maximum atomic E-state index is 11.2. The molecule has 0 radical (unpaired) electrons. The zero-order valence-corrected chi connectivity index (χ0v) is 14.9. The summed E-state index contributed by atoms with van der Waals surface area (Å²) in [5.41, 5.74) is 2.15. The first-order valence-corrected chi connectivity index (χ1v) is 8.61. The lowest BCUT2D eigenvalue weighted by molar-refractivity contribution is 0.156. The summed E-state index contributed by atoms with van der Waals surface area (Å²) in [6, 6.07) is 7.67. The van der Waals surface area contributed by atoms with E-state index in [4.69, 9.17) is 4.74 Å². The molecular formula is C18H26N4O3. The Labute approximate surface area is 148 Å². The molecule has 0 aliphatic carbocycles. The van der Waals surface area contributed by atoms with Gasteiger partial charge in [-0.25, -0.2) is 4.79 Å². The first kappa shape index (κ1) is 17.5. The van der Waals surface area contributed by atoms with Crippen LogP contribution < -0.4 is 10.6 Å². The Kier molecular flexibility index (Phi) is 5.43.